The highest BCUT2D eigenvalue weighted by Gasteiger charge is 2.15. The lowest BCUT2D eigenvalue weighted by Crippen LogP contribution is -2.36. The molecule has 0 radical (unpaired) electrons. The molecule has 0 aliphatic heterocycles. The van der Waals surface area contributed by atoms with Gasteiger partial charge in [-0.25, -0.2) is 4.98 Å². The molecule has 0 aliphatic rings. The number of aromatic nitrogens is 4. The third-order valence-corrected chi connectivity index (χ3v) is 4.76. The average Bonchev–Trinajstić information content (AvgIpc) is 3.05. The fourth-order valence-corrected chi connectivity index (χ4v) is 3.00. The van der Waals surface area contributed by atoms with Crippen molar-refractivity contribution in [1.29, 1.82) is 0 Å². The predicted octanol–water partition coefficient (Wildman–Crippen LogP) is 1.23. The van der Waals surface area contributed by atoms with E-state index in [1.54, 1.807) is 14.1 Å². The summed E-state index contributed by atoms with van der Waals surface area (Å²) in [4.78, 5) is 42.7. The van der Waals surface area contributed by atoms with Crippen LogP contribution in [0.5, 0.6) is 0 Å². The quantitative estimate of drug-likeness (QED) is 0.675. The van der Waals surface area contributed by atoms with Gasteiger partial charge >= 0.3 is 0 Å². The summed E-state index contributed by atoms with van der Waals surface area (Å²) < 4.78 is 2.90. The van der Waals surface area contributed by atoms with Gasteiger partial charge in [0.25, 0.3) is 5.56 Å². The molecule has 1 N–H and O–H groups in total. The molecule has 29 heavy (non-hydrogen) atoms. The van der Waals surface area contributed by atoms with Crippen LogP contribution in [0.3, 0.4) is 0 Å². The van der Waals surface area contributed by atoms with Crippen molar-refractivity contribution in [3.05, 3.63) is 52.2 Å². The van der Waals surface area contributed by atoms with Crippen molar-refractivity contribution >= 4 is 28.5 Å². The van der Waals surface area contributed by atoms with E-state index in [1.807, 2.05) is 32.0 Å². The van der Waals surface area contributed by atoms with Crippen LogP contribution in [0.4, 0.5) is 5.69 Å². The lowest BCUT2D eigenvalue weighted by molar-refractivity contribution is -0.133. The second-order valence-corrected chi connectivity index (χ2v) is 7.11. The van der Waals surface area contributed by atoms with Crippen molar-refractivity contribution in [1.82, 2.24) is 24.2 Å². The Hall–Kier alpha value is -3.49. The van der Waals surface area contributed by atoms with Crippen molar-refractivity contribution in [3.8, 4) is 0 Å². The number of nitrogens with zero attached hydrogens (tertiary/aromatic N) is 5. The second-order valence-electron chi connectivity index (χ2n) is 7.11. The Bertz CT molecular complexity index is 1130. The molecule has 0 spiro atoms. The van der Waals surface area contributed by atoms with E-state index in [2.05, 4.69) is 15.4 Å². The van der Waals surface area contributed by atoms with Crippen molar-refractivity contribution in [2.75, 3.05) is 18.9 Å². The van der Waals surface area contributed by atoms with Gasteiger partial charge in [-0.2, -0.15) is 5.10 Å². The summed E-state index contributed by atoms with van der Waals surface area (Å²) in [5.41, 5.74) is 2.98. The van der Waals surface area contributed by atoms with Crippen molar-refractivity contribution in [2.45, 2.75) is 26.8 Å². The highest BCUT2D eigenvalue weighted by molar-refractivity contribution is 5.95. The summed E-state index contributed by atoms with van der Waals surface area (Å²) >= 11 is 0. The van der Waals surface area contributed by atoms with Crippen molar-refractivity contribution in [2.24, 2.45) is 7.05 Å². The Morgan fingerprint density at radius 3 is 2.76 bits per heavy atom. The number of carbonyl (C=O) groups is 2. The molecule has 2 amide bonds. The number of nitrogens with one attached hydrogen (secondary N) is 1. The zero-order chi connectivity index (χ0) is 21.1. The minimum Gasteiger partial charge on any atom is -0.336 e. The monoisotopic (exact) mass is 396 g/mol. The van der Waals surface area contributed by atoms with Gasteiger partial charge in [0.15, 0.2) is 5.65 Å². The molecule has 9 heteroatoms. The first-order valence-electron chi connectivity index (χ1n) is 9.24. The summed E-state index contributed by atoms with van der Waals surface area (Å²) in [6.07, 6.45) is 2.96. The van der Waals surface area contributed by atoms with Gasteiger partial charge in [0.1, 0.15) is 5.39 Å². The van der Waals surface area contributed by atoms with Crippen LogP contribution in [-0.2, 0) is 23.2 Å². The molecule has 2 aromatic heterocycles. The number of amides is 2. The van der Waals surface area contributed by atoms with E-state index in [9.17, 15) is 14.4 Å². The molecule has 0 saturated carbocycles. The number of benzene rings is 1. The molecule has 0 bridgehead atoms. The molecule has 0 aliphatic carbocycles. The maximum atomic E-state index is 12.4. The lowest BCUT2D eigenvalue weighted by atomic mass is 10.1. The van der Waals surface area contributed by atoms with Gasteiger partial charge in [-0.3, -0.25) is 23.6 Å². The van der Waals surface area contributed by atoms with E-state index in [4.69, 9.17) is 0 Å². The van der Waals surface area contributed by atoms with E-state index >= 15 is 0 Å². The molecule has 3 rings (SSSR count). The van der Waals surface area contributed by atoms with Crippen LogP contribution in [0.2, 0.25) is 0 Å². The number of anilines is 1. The molecule has 0 unspecified atom stereocenters. The summed E-state index contributed by atoms with van der Waals surface area (Å²) in [6, 6.07) is 5.80. The Morgan fingerprint density at radius 2 is 2.00 bits per heavy atom. The minimum atomic E-state index is -0.273. The third kappa shape index (κ3) is 4.50. The molecule has 2 heterocycles. The predicted molar refractivity (Wildman–Crippen MR) is 110 cm³/mol. The number of likely N-dealkylation sites (N-methyl/N-ethyl adjacent to an activating group) is 1. The molecular weight excluding hydrogens is 372 g/mol. The summed E-state index contributed by atoms with van der Waals surface area (Å²) in [6.45, 7) is 3.97. The Balaban J connectivity index is 1.58. The summed E-state index contributed by atoms with van der Waals surface area (Å²) in [5, 5.41) is 7.26. The van der Waals surface area contributed by atoms with Crippen molar-refractivity contribution < 1.29 is 9.59 Å². The zero-order valence-electron chi connectivity index (χ0n) is 17.0. The van der Waals surface area contributed by atoms with Gasteiger partial charge in [-0.15, -0.1) is 0 Å². The van der Waals surface area contributed by atoms with Crippen LogP contribution in [0.15, 0.2) is 35.5 Å². The van der Waals surface area contributed by atoms with E-state index in [-0.39, 0.29) is 36.9 Å². The van der Waals surface area contributed by atoms with Crippen LogP contribution < -0.4 is 10.9 Å². The zero-order valence-corrected chi connectivity index (χ0v) is 17.0. The maximum Gasteiger partial charge on any atom is 0.264 e. The molecule has 152 valence electrons. The number of hydrogen-bond acceptors (Lipinski definition) is 5. The number of carbonyl (C=O) groups excluding carboxylic acids is 2. The fourth-order valence-electron chi connectivity index (χ4n) is 3.00. The van der Waals surface area contributed by atoms with Crippen LogP contribution in [0.1, 0.15) is 17.5 Å². The van der Waals surface area contributed by atoms with Gasteiger partial charge in [-0.1, -0.05) is 12.1 Å². The normalized spacial score (nSPS) is 10.9. The Labute approximate surface area is 168 Å². The highest BCUT2D eigenvalue weighted by atomic mass is 16.2. The van der Waals surface area contributed by atoms with Crippen LogP contribution in [0.25, 0.3) is 11.0 Å². The minimum absolute atomic E-state index is 0.0684. The van der Waals surface area contributed by atoms with Gasteiger partial charge in [0, 0.05) is 32.7 Å². The third-order valence-electron chi connectivity index (χ3n) is 4.76. The summed E-state index contributed by atoms with van der Waals surface area (Å²) in [7, 11) is 3.28. The van der Waals surface area contributed by atoms with E-state index in [0.717, 1.165) is 16.8 Å². The second kappa shape index (κ2) is 8.26. The SMILES string of the molecule is Cc1ccc(C)c(NC(=O)CN(C)C(=O)CCn2cnc3c(cnn3C)c2=O)c1. The van der Waals surface area contributed by atoms with E-state index in [1.165, 1.54) is 26.7 Å². The van der Waals surface area contributed by atoms with Gasteiger partial charge in [-0.05, 0) is 31.0 Å². The van der Waals surface area contributed by atoms with Gasteiger partial charge in [0.05, 0.1) is 19.1 Å². The summed E-state index contributed by atoms with van der Waals surface area (Å²) in [5.74, 6) is -0.510. The van der Waals surface area contributed by atoms with E-state index in [0.29, 0.717) is 11.0 Å². The molecule has 0 atom stereocenters. The van der Waals surface area contributed by atoms with Gasteiger partial charge < -0.3 is 10.2 Å². The molecule has 0 saturated heterocycles. The highest BCUT2D eigenvalue weighted by Crippen LogP contribution is 2.16. The van der Waals surface area contributed by atoms with Crippen molar-refractivity contribution in [3.63, 3.8) is 0 Å². The molecule has 3 aromatic rings. The smallest absolute Gasteiger partial charge is 0.264 e. The Kier molecular flexibility index (Phi) is 5.76. The maximum absolute atomic E-state index is 12.4. The number of fused-ring (bicyclic) bond motifs is 1. The Morgan fingerprint density at radius 1 is 1.24 bits per heavy atom. The fraction of sp³-hybridized carbons (Fsp3) is 0.350. The van der Waals surface area contributed by atoms with Gasteiger partial charge in [0.2, 0.25) is 11.8 Å². The number of rotatable bonds is 6. The van der Waals surface area contributed by atoms with Crippen LogP contribution in [-0.4, -0.2) is 49.6 Å². The lowest BCUT2D eigenvalue weighted by Gasteiger charge is -2.18. The average molecular weight is 396 g/mol. The first-order valence-corrected chi connectivity index (χ1v) is 9.24. The first-order chi connectivity index (χ1) is 13.8. The van der Waals surface area contributed by atoms with Crippen LogP contribution >= 0.6 is 0 Å². The molecule has 9 nitrogen and oxygen atoms in total. The molecule has 0 fully saturated rings. The molecular formula is C20H24N6O3. The number of hydrogen-bond donors (Lipinski definition) is 1. The largest absolute Gasteiger partial charge is 0.336 e. The number of aryl methyl sites for hydroxylation is 4. The van der Waals surface area contributed by atoms with E-state index < -0.39 is 0 Å². The van der Waals surface area contributed by atoms with Crippen LogP contribution in [0, 0.1) is 13.8 Å². The topological polar surface area (TPSA) is 102 Å². The molecule has 1 aromatic carbocycles. The first kappa shape index (κ1) is 20.2. The standard InChI is InChI=1S/C20H24N6O3/c1-13-5-6-14(2)16(9-13)23-17(27)11-24(3)18(28)7-8-26-12-21-19-15(20(26)29)10-22-25(19)4/h5-6,9-10,12H,7-8,11H2,1-4H3,(H,23,27).